The highest BCUT2D eigenvalue weighted by Gasteiger charge is 2.10. The molecule has 3 nitrogen and oxygen atoms in total. The predicted octanol–water partition coefficient (Wildman–Crippen LogP) is 1.31. The predicted molar refractivity (Wildman–Crippen MR) is 36.7 cm³/mol. The molecule has 1 heterocycles. The minimum absolute atomic E-state index is 0.0155. The van der Waals surface area contributed by atoms with Crippen LogP contribution in [0.5, 0.6) is 5.75 Å². The van der Waals surface area contributed by atoms with Crippen LogP contribution >= 0.6 is 0 Å². The summed E-state index contributed by atoms with van der Waals surface area (Å²) < 4.78 is 39.8. The molecule has 1 aromatic rings. The van der Waals surface area contributed by atoms with Crippen molar-refractivity contribution in [2.45, 2.75) is 13.2 Å². The molecule has 0 spiro atoms. The second-order valence-corrected chi connectivity index (χ2v) is 2.15. The third-order valence-corrected chi connectivity index (χ3v) is 1.30. The third kappa shape index (κ3) is 2.59. The number of pyridine rings is 1. The number of aromatic nitrogens is 1. The van der Waals surface area contributed by atoms with Crippen molar-refractivity contribution in [2.24, 2.45) is 0 Å². The lowest BCUT2D eigenvalue weighted by atomic mass is 10.3. The van der Waals surface area contributed by atoms with Gasteiger partial charge in [-0.05, 0) is 0 Å². The molecule has 72 valence electrons. The van der Waals surface area contributed by atoms with E-state index < -0.39 is 24.9 Å². The SMILES string of the molecule is OCc1cnc(F)cc1OC(F)F. The minimum Gasteiger partial charge on any atom is -0.434 e. The number of halogens is 3. The van der Waals surface area contributed by atoms with Gasteiger partial charge >= 0.3 is 6.61 Å². The Labute approximate surface area is 71.8 Å². The first kappa shape index (κ1) is 9.79. The highest BCUT2D eigenvalue weighted by Crippen LogP contribution is 2.20. The first-order chi connectivity index (χ1) is 6.13. The second-order valence-electron chi connectivity index (χ2n) is 2.15. The molecule has 0 bridgehead atoms. The molecule has 0 saturated heterocycles. The van der Waals surface area contributed by atoms with Gasteiger partial charge < -0.3 is 9.84 Å². The third-order valence-electron chi connectivity index (χ3n) is 1.30. The number of aliphatic hydroxyl groups is 1. The Bertz CT molecular complexity index is 293. The van der Waals surface area contributed by atoms with Crippen LogP contribution in [-0.2, 0) is 6.61 Å². The normalized spacial score (nSPS) is 10.5. The van der Waals surface area contributed by atoms with Crippen LogP contribution in [0.25, 0.3) is 0 Å². The van der Waals surface area contributed by atoms with Crippen LogP contribution in [0.2, 0.25) is 0 Å². The van der Waals surface area contributed by atoms with Gasteiger partial charge in [0.05, 0.1) is 6.61 Å². The van der Waals surface area contributed by atoms with E-state index in [1.54, 1.807) is 0 Å². The molecule has 0 radical (unpaired) electrons. The highest BCUT2D eigenvalue weighted by atomic mass is 19.3. The highest BCUT2D eigenvalue weighted by molar-refractivity contribution is 5.29. The molecule has 13 heavy (non-hydrogen) atoms. The Kier molecular flexibility index (Phi) is 3.07. The van der Waals surface area contributed by atoms with E-state index in [0.29, 0.717) is 6.07 Å². The van der Waals surface area contributed by atoms with Gasteiger partial charge in [-0.3, -0.25) is 0 Å². The molecule has 0 aromatic carbocycles. The van der Waals surface area contributed by atoms with Crippen LogP contribution in [0.1, 0.15) is 5.56 Å². The fourth-order valence-electron chi connectivity index (χ4n) is 0.766. The van der Waals surface area contributed by atoms with Crippen molar-refractivity contribution in [1.82, 2.24) is 4.98 Å². The largest absolute Gasteiger partial charge is 0.434 e. The zero-order valence-corrected chi connectivity index (χ0v) is 6.38. The zero-order chi connectivity index (χ0) is 9.84. The molecular formula is C7H6F3NO2. The molecule has 0 aliphatic heterocycles. The molecule has 0 saturated carbocycles. The lowest BCUT2D eigenvalue weighted by Gasteiger charge is -2.07. The average Bonchev–Trinajstić information content (AvgIpc) is 2.03. The van der Waals surface area contributed by atoms with Crippen molar-refractivity contribution in [3.8, 4) is 5.75 Å². The summed E-state index contributed by atoms with van der Waals surface area (Å²) in [7, 11) is 0. The molecule has 1 rings (SSSR count). The molecule has 0 unspecified atom stereocenters. The maximum Gasteiger partial charge on any atom is 0.387 e. The van der Waals surface area contributed by atoms with Gasteiger partial charge in [-0.15, -0.1) is 0 Å². The quantitative estimate of drug-likeness (QED) is 0.736. The summed E-state index contributed by atoms with van der Waals surface area (Å²) in [6, 6.07) is 0.692. The number of alkyl halides is 2. The topological polar surface area (TPSA) is 42.4 Å². The number of rotatable bonds is 3. The Morgan fingerprint density at radius 1 is 1.54 bits per heavy atom. The lowest BCUT2D eigenvalue weighted by molar-refractivity contribution is -0.0511. The van der Waals surface area contributed by atoms with Gasteiger partial charge in [-0.25, -0.2) is 4.98 Å². The Hall–Kier alpha value is -1.30. The van der Waals surface area contributed by atoms with Gasteiger partial charge in [-0.1, -0.05) is 0 Å². The Morgan fingerprint density at radius 2 is 2.23 bits per heavy atom. The summed E-state index contributed by atoms with van der Waals surface area (Å²) in [5.41, 5.74) is 0.0155. The molecule has 0 fully saturated rings. The molecule has 0 aliphatic rings. The van der Waals surface area contributed by atoms with Crippen LogP contribution in [-0.4, -0.2) is 16.7 Å². The molecule has 1 N–H and O–H groups in total. The van der Waals surface area contributed by atoms with E-state index in [1.807, 2.05) is 0 Å². The van der Waals surface area contributed by atoms with Crippen molar-refractivity contribution >= 4 is 0 Å². The Balaban J connectivity index is 2.94. The van der Waals surface area contributed by atoms with Crippen LogP contribution in [0.3, 0.4) is 0 Å². The van der Waals surface area contributed by atoms with E-state index >= 15 is 0 Å². The van der Waals surface area contributed by atoms with Crippen molar-refractivity contribution < 1.29 is 23.0 Å². The van der Waals surface area contributed by atoms with E-state index in [-0.39, 0.29) is 5.56 Å². The maximum atomic E-state index is 12.4. The molecule has 1 aromatic heterocycles. The van der Waals surface area contributed by atoms with E-state index in [2.05, 4.69) is 9.72 Å². The van der Waals surface area contributed by atoms with Crippen LogP contribution in [0.15, 0.2) is 12.3 Å². The van der Waals surface area contributed by atoms with Gasteiger partial charge in [0.15, 0.2) is 0 Å². The van der Waals surface area contributed by atoms with Crippen LogP contribution in [0, 0.1) is 5.95 Å². The van der Waals surface area contributed by atoms with Crippen molar-refractivity contribution in [2.75, 3.05) is 0 Å². The monoisotopic (exact) mass is 193 g/mol. The van der Waals surface area contributed by atoms with Crippen molar-refractivity contribution in [3.63, 3.8) is 0 Å². The summed E-state index contributed by atoms with van der Waals surface area (Å²) in [5.74, 6) is -1.34. The first-order valence-electron chi connectivity index (χ1n) is 3.33. The van der Waals surface area contributed by atoms with E-state index in [1.165, 1.54) is 0 Å². The van der Waals surface area contributed by atoms with Gasteiger partial charge in [-0.2, -0.15) is 13.2 Å². The number of nitrogens with zero attached hydrogens (tertiary/aromatic N) is 1. The van der Waals surface area contributed by atoms with Crippen LogP contribution < -0.4 is 4.74 Å². The van der Waals surface area contributed by atoms with Gasteiger partial charge in [0.1, 0.15) is 5.75 Å². The molecule has 0 atom stereocenters. The van der Waals surface area contributed by atoms with E-state index in [0.717, 1.165) is 6.20 Å². The number of aliphatic hydroxyl groups excluding tert-OH is 1. The fraction of sp³-hybridized carbons (Fsp3) is 0.286. The maximum absolute atomic E-state index is 12.4. The summed E-state index contributed by atoms with van der Waals surface area (Å²) >= 11 is 0. The zero-order valence-electron chi connectivity index (χ0n) is 6.38. The number of hydrogen-bond donors (Lipinski definition) is 1. The van der Waals surface area contributed by atoms with Crippen LogP contribution in [0.4, 0.5) is 13.2 Å². The van der Waals surface area contributed by atoms with E-state index in [4.69, 9.17) is 5.11 Å². The molecule has 0 amide bonds. The number of ether oxygens (including phenoxy) is 1. The summed E-state index contributed by atoms with van der Waals surface area (Å²) in [6.07, 6.45) is 0.938. The first-order valence-corrected chi connectivity index (χ1v) is 3.33. The standard InChI is InChI=1S/C7H6F3NO2/c8-6-1-5(13-7(9)10)4(3-12)2-11-6/h1-2,7,12H,3H2. The molecule has 0 aliphatic carbocycles. The van der Waals surface area contributed by atoms with Gasteiger partial charge in [0.25, 0.3) is 0 Å². The average molecular weight is 193 g/mol. The summed E-state index contributed by atoms with van der Waals surface area (Å²) in [5, 5.41) is 8.63. The summed E-state index contributed by atoms with van der Waals surface area (Å²) in [6.45, 7) is -3.58. The van der Waals surface area contributed by atoms with Crippen molar-refractivity contribution in [1.29, 1.82) is 0 Å². The Morgan fingerprint density at radius 3 is 2.77 bits per heavy atom. The molecule has 6 heteroatoms. The van der Waals surface area contributed by atoms with Gasteiger partial charge in [0, 0.05) is 17.8 Å². The minimum atomic E-state index is -3.05. The summed E-state index contributed by atoms with van der Waals surface area (Å²) in [4.78, 5) is 3.17. The lowest BCUT2D eigenvalue weighted by Crippen LogP contribution is -2.05. The fourth-order valence-corrected chi connectivity index (χ4v) is 0.766. The smallest absolute Gasteiger partial charge is 0.387 e. The second kappa shape index (κ2) is 4.08. The van der Waals surface area contributed by atoms with Crippen molar-refractivity contribution in [3.05, 3.63) is 23.8 Å². The molecular weight excluding hydrogens is 187 g/mol. The van der Waals surface area contributed by atoms with E-state index in [9.17, 15) is 13.2 Å². The number of hydrogen-bond acceptors (Lipinski definition) is 3. The van der Waals surface area contributed by atoms with Gasteiger partial charge in [0.2, 0.25) is 5.95 Å².